The molecule has 0 atom stereocenters. The number of ether oxygens (including phenoxy) is 1. The molecule has 168 valence electrons. The van der Waals surface area contributed by atoms with E-state index in [9.17, 15) is 10.1 Å². The van der Waals surface area contributed by atoms with E-state index in [1.165, 1.54) is 0 Å². The highest BCUT2D eigenvalue weighted by Gasteiger charge is 2.15. The van der Waals surface area contributed by atoms with Crippen LogP contribution in [0.15, 0.2) is 96.0 Å². The molecule has 7 nitrogen and oxygen atoms in total. The molecule has 7 heteroatoms. The number of nitriles is 1. The largest absolute Gasteiger partial charge is 0.489 e. The van der Waals surface area contributed by atoms with Crippen molar-refractivity contribution in [2.24, 2.45) is 16.5 Å². The minimum Gasteiger partial charge on any atom is -0.489 e. The highest BCUT2D eigenvalue weighted by atomic mass is 16.5. The number of benzene rings is 3. The van der Waals surface area contributed by atoms with E-state index >= 15 is 0 Å². The van der Waals surface area contributed by atoms with Crippen molar-refractivity contribution in [3.05, 3.63) is 102 Å². The summed E-state index contributed by atoms with van der Waals surface area (Å²) in [6.45, 7) is 0.418. The van der Waals surface area contributed by atoms with Crippen LogP contribution in [0.4, 0.5) is 0 Å². The molecule has 4 aromatic rings. The average Bonchev–Trinajstić information content (AvgIpc) is 3.26. The van der Waals surface area contributed by atoms with Crippen LogP contribution in [0.5, 0.6) is 5.75 Å². The first kappa shape index (κ1) is 22.4. The van der Waals surface area contributed by atoms with E-state index in [0.29, 0.717) is 12.2 Å². The lowest BCUT2D eigenvalue weighted by Crippen LogP contribution is -2.25. The van der Waals surface area contributed by atoms with Crippen molar-refractivity contribution in [2.45, 2.75) is 13.2 Å². The molecule has 3 aromatic carbocycles. The standard InChI is InChI=1S/C27H23N5O2/c28-16-20-7-4-8-22(15-20)25-14-13-24(32(25)17-26(33)31-27(29)30)21-9-11-23(12-10-21)34-18-19-5-2-1-3-6-19/h1-15H,17-18H2,(H4,29,30,31,33). The summed E-state index contributed by atoms with van der Waals surface area (Å²) in [5.41, 5.74) is 15.7. The predicted octanol–water partition coefficient (Wildman–Crippen LogP) is 4.07. The lowest BCUT2D eigenvalue weighted by atomic mass is 10.1. The highest BCUT2D eigenvalue weighted by molar-refractivity contribution is 5.92. The number of aromatic nitrogens is 1. The van der Waals surface area contributed by atoms with E-state index in [1.807, 2.05) is 83.4 Å². The second-order valence-electron chi connectivity index (χ2n) is 7.61. The van der Waals surface area contributed by atoms with Crippen molar-refractivity contribution in [3.63, 3.8) is 0 Å². The van der Waals surface area contributed by atoms with Crippen molar-refractivity contribution in [3.8, 4) is 34.3 Å². The lowest BCUT2D eigenvalue weighted by Gasteiger charge is -2.13. The van der Waals surface area contributed by atoms with E-state index in [4.69, 9.17) is 16.2 Å². The SMILES string of the molecule is N#Cc1cccc(-c2ccc(-c3ccc(OCc4ccccc4)cc3)n2CC(=O)N=C(N)N)c1. The fourth-order valence-electron chi connectivity index (χ4n) is 3.67. The molecule has 4 rings (SSSR count). The number of hydrogen-bond donors (Lipinski definition) is 2. The molecule has 0 bridgehead atoms. The van der Waals surface area contributed by atoms with Crippen LogP contribution >= 0.6 is 0 Å². The van der Waals surface area contributed by atoms with Gasteiger partial charge in [0.1, 0.15) is 18.9 Å². The van der Waals surface area contributed by atoms with Gasteiger partial charge in [0, 0.05) is 11.4 Å². The molecule has 0 aliphatic rings. The number of hydrogen-bond acceptors (Lipinski definition) is 3. The molecule has 34 heavy (non-hydrogen) atoms. The molecule has 1 amide bonds. The van der Waals surface area contributed by atoms with Crippen LogP contribution in [0.2, 0.25) is 0 Å². The number of rotatable bonds is 7. The Balaban J connectivity index is 1.65. The van der Waals surface area contributed by atoms with Crippen LogP contribution in [0.3, 0.4) is 0 Å². The Hall–Kier alpha value is -4.83. The molecule has 4 N–H and O–H groups in total. The number of guanidine groups is 1. The third-order valence-electron chi connectivity index (χ3n) is 5.21. The van der Waals surface area contributed by atoms with Gasteiger partial charge in [0.05, 0.1) is 11.6 Å². The normalized spacial score (nSPS) is 10.3. The smallest absolute Gasteiger partial charge is 0.268 e. The second-order valence-corrected chi connectivity index (χ2v) is 7.61. The maximum Gasteiger partial charge on any atom is 0.268 e. The zero-order chi connectivity index (χ0) is 23.9. The molecule has 0 aliphatic heterocycles. The maximum atomic E-state index is 12.4. The van der Waals surface area contributed by atoms with Crippen LogP contribution < -0.4 is 16.2 Å². The van der Waals surface area contributed by atoms with Crippen molar-refractivity contribution in [1.29, 1.82) is 5.26 Å². The van der Waals surface area contributed by atoms with Crippen LogP contribution in [0.1, 0.15) is 11.1 Å². The first-order valence-corrected chi connectivity index (χ1v) is 10.6. The van der Waals surface area contributed by atoms with Crippen LogP contribution in [0.25, 0.3) is 22.5 Å². The van der Waals surface area contributed by atoms with Crippen molar-refractivity contribution in [2.75, 3.05) is 0 Å². The van der Waals surface area contributed by atoms with Gasteiger partial charge < -0.3 is 20.8 Å². The molecule has 0 spiro atoms. The van der Waals surface area contributed by atoms with Crippen molar-refractivity contribution in [1.82, 2.24) is 4.57 Å². The minimum absolute atomic E-state index is 0.0569. The maximum absolute atomic E-state index is 12.4. The summed E-state index contributed by atoms with van der Waals surface area (Å²) in [5, 5.41) is 9.28. The number of amides is 1. The Bertz CT molecular complexity index is 1360. The quantitative estimate of drug-likeness (QED) is 0.325. The third kappa shape index (κ3) is 5.31. The predicted molar refractivity (Wildman–Crippen MR) is 132 cm³/mol. The van der Waals surface area contributed by atoms with Gasteiger partial charge in [0.15, 0.2) is 5.96 Å². The van der Waals surface area contributed by atoms with Gasteiger partial charge in [-0.2, -0.15) is 10.3 Å². The first-order valence-electron chi connectivity index (χ1n) is 10.6. The van der Waals surface area contributed by atoms with Gasteiger partial charge in [-0.3, -0.25) is 4.79 Å². The Morgan fingerprint density at radius 3 is 2.26 bits per heavy atom. The molecule has 0 radical (unpaired) electrons. The summed E-state index contributed by atoms with van der Waals surface area (Å²) in [7, 11) is 0. The van der Waals surface area contributed by atoms with E-state index < -0.39 is 5.91 Å². The first-order chi connectivity index (χ1) is 16.5. The summed E-state index contributed by atoms with van der Waals surface area (Å²) >= 11 is 0. The molecular formula is C27H23N5O2. The van der Waals surface area contributed by atoms with Crippen LogP contribution in [-0.4, -0.2) is 16.4 Å². The Morgan fingerprint density at radius 2 is 1.59 bits per heavy atom. The van der Waals surface area contributed by atoms with Crippen molar-refractivity contribution >= 4 is 11.9 Å². The van der Waals surface area contributed by atoms with Gasteiger partial charge in [-0.25, -0.2) is 0 Å². The molecule has 0 fully saturated rings. The van der Waals surface area contributed by atoms with E-state index in [0.717, 1.165) is 33.8 Å². The fourth-order valence-corrected chi connectivity index (χ4v) is 3.67. The van der Waals surface area contributed by atoms with Gasteiger partial charge in [0.2, 0.25) is 0 Å². The van der Waals surface area contributed by atoms with Gasteiger partial charge in [0.25, 0.3) is 5.91 Å². The van der Waals surface area contributed by atoms with Gasteiger partial charge in [-0.15, -0.1) is 0 Å². The van der Waals surface area contributed by atoms with Crippen LogP contribution in [-0.2, 0) is 17.9 Å². The fraction of sp³-hybridized carbons (Fsp3) is 0.0741. The zero-order valence-corrected chi connectivity index (χ0v) is 18.4. The molecule has 1 heterocycles. The van der Waals surface area contributed by atoms with Gasteiger partial charge in [-0.05, 0) is 65.2 Å². The summed E-state index contributed by atoms with van der Waals surface area (Å²) in [6.07, 6.45) is 0. The topological polar surface area (TPSA) is 119 Å². The molecule has 0 saturated heterocycles. The highest BCUT2D eigenvalue weighted by Crippen LogP contribution is 2.31. The lowest BCUT2D eigenvalue weighted by molar-refractivity contribution is -0.118. The number of carbonyl (C=O) groups is 1. The molecular weight excluding hydrogens is 426 g/mol. The summed E-state index contributed by atoms with van der Waals surface area (Å²) in [4.78, 5) is 16.1. The second kappa shape index (κ2) is 10.2. The molecule has 0 saturated carbocycles. The third-order valence-corrected chi connectivity index (χ3v) is 5.21. The molecule has 1 aromatic heterocycles. The van der Waals surface area contributed by atoms with E-state index in [1.54, 1.807) is 12.1 Å². The summed E-state index contributed by atoms with van der Waals surface area (Å²) in [6, 6.07) is 30.8. The number of carbonyl (C=O) groups excluding carboxylic acids is 1. The minimum atomic E-state index is -0.474. The summed E-state index contributed by atoms with van der Waals surface area (Å²) in [5.74, 6) is -0.0196. The van der Waals surface area contributed by atoms with Gasteiger partial charge >= 0.3 is 0 Å². The Morgan fingerprint density at radius 1 is 0.882 bits per heavy atom. The number of nitrogens with two attached hydrogens (primary N) is 2. The zero-order valence-electron chi connectivity index (χ0n) is 18.4. The van der Waals surface area contributed by atoms with Crippen LogP contribution in [0, 0.1) is 11.3 Å². The monoisotopic (exact) mass is 449 g/mol. The molecule has 0 aliphatic carbocycles. The van der Waals surface area contributed by atoms with E-state index in [-0.39, 0.29) is 12.5 Å². The van der Waals surface area contributed by atoms with Gasteiger partial charge in [-0.1, -0.05) is 42.5 Å². The molecule has 0 unspecified atom stereocenters. The summed E-state index contributed by atoms with van der Waals surface area (Å²) < 4.78 is 7.72. The van der Waals surface area contributed by atoms with Crippen molar-refractivity contribution < 1.29 is 9.53 Å². The Labute approximate surface area is 197 Å². The Kier molecular flexibility index (Phi) is 6.70. The number of nitrogens with zero attached hydrogens (tertiary/aromatic N) is 3. The number of aliphatic imine (C=N–C) groups is 1. The average molecular weight is 450 g/mol. The van der Waals surface area contributed by atoms with E-state index in [2.05, 4.69) is 11.1 Å².